The zero-order valence-electron chi connectivity index (χ0n) is 8.00. The van der Waals surface area contributed by atoms with Crippen molar-refractivity contribution in [2.45, 2.75) is 6.42 Å². The van der Waals surface area contributed by atoms with Crippen LogP contribution in [0.5, 0.6) is 0 Å². The summed E-state index contributed by atoms with van der Waals surface area (Å²) in [5, 5.41) is 9.97. The molecule has 4 heteroatoms. The van der Waals surface area contributed by atoms with Gasteiger partial charge in [-0.05, 0) is 24.6 Å². The van der Waals surface area contributed by atoms with Crippen LogP contribution < -0.4 is 4.90 Å². The molecule has 0 saturated carbocycles. The Balaban J connectivity index is 2.74. The van der Waals surface area contributed by atoms with Crippen LogP contribution in [0.1, 0.15) is 6.42 Å². The summed E-state index contributed by atoms with van der Waals surface area (Å²) in [6, 6.07) is 5.40. The van der Waals surface area contributed by atoms with Crippen LogP contribution in [0.2, 0.25) is 10.0 Å². The highest BCUT2D eigenvalue weighted by Gasteiger charge is 2.05. The number of benzene rings is 1. The number of anilines is 1. The molecule has 0 aliphatic heterocycles. The molecular formula is C10H13Cl2NO. The van der Waals surface area contributed by atoms with E-state index in [1.165, 1.54) is 0 Å². The molecule has 2 nitrogen and oxygen atoms in total. The molecule has 0 spiro atoms. The zero-order valence-corrected chi connectivity index (χ0v) is 9.52. The van der Waals surface area contributed by atoms with Crippen LogP contribution >= 0.6 is 23.2 Å². The first-order valence-corrected chi connectivity index (χ1v) is 5.18. The summed E-state index contributed by atoms with van der Waals surface area (Å²) < 4.78 is 0. The quantitative estimate of drug-likeness (QED) is 0.865. The number of aliphatic hydroxyl groups is 1. The molecule has 0 radical (unpaired) electrons. The molecule has 0 aromatic heterocycles. The molecular weight excluding hydrogens is 221 g/mol. The van der Waals surface area contributed by atoms with Crippen molar-refractivity contribution in [1.82, 2.24) is 0 Å². The molecule has 0 heterocycles. The van der Waals surface area contributed by atoms with Crippen molar-refractivity contribution in [2.24, 2.45) is 0 Å². The average molecular weight is 234 g/mol. The molecule has 0 aliphatic rings. The van der Waals surface area contributed by atoms with Crippen molar-refractivity contribution in [3.63, 3.8) is 0 Å². The van der Waals surface area contributed by atoms with E-state index in [1.54, 1.807) is 12.1 Å². The highest BCUT2D eigenvalue weighted by Crippen LogP contribution is 2.27. The number of rotatable bonds is 4. The fraction of sp³-hybridized carbons (Fsp3) is 0.400. The summed E-state index contributed by atoms with van der Waals surface area (Å²) in [7, 11) is 1.94. The maximum absolute atomic E-state index is 8.69. The lowest BCUT2D eigenvalue weighted by molar-refractivity contribution is 0.290. The second kappa shape index (κ2) is 5.44. The number of hydrogen-bond acceptors (Lipinski definition) is 2. The Kier molecular flexibility index (Phi) is 4.52. The summed E-state index contributed by atoms with van der Waals surface area (Å²) >= 11 is 11.8. The minimum atomic E-state index is 0.190. The third kappa shape index (κ3) is 3.05. The van der Waals surface area contributed by atoms with Crippen molar-refractivity contribution in [3.8, 4) is 0 Å². The molecule has 0 fully saturated rings. The molecule has 0 saturated heterocycles. The van der Waals surface area contributed by atoms with Gasteiger partial charge in [-0.1, -0.05) is 23.2 Å². The van der Waals surface area contributed by atoms with Crippen LogP contribution in [0, 0.1) is 0 Å². The van der Waals surface area contributed by atoms with Gasteiger partial charge in [0.1, 0.15) is 0 Å². The largest absolute Gasteiger partial charge is 0.396 e. The molecule has 0 amide bonds. The number of halogens is 2. The van der Waals surface area contributed by atoms with Crippen LogP contribution in [0.3, 0.4) is 0 Å². The minimum absolute atomic E-state index is 0.190. The maximum atomic E-state index is 8.69. The van der Waals surface area contributed by atoms with Crippen molar-refractivity contribution >= 4 is 28.9 Å². The lowest BCUT2D eigenvalue weighted by Gasteiger charge is -2.20. The van der Waals surface area contributed by atoms with E-state index in [0.717, 1.165) is 18.7 Å². The van der Waals surface area contributed by atoms with Gasteiger partial charge in [0, 0.05) is 25.2 Å². The van der Waals surface area contributed by atoms with Crippen LogP contribution in [-0.2, 0) is 0 Å². The standard InChI is InChI=1S/C10H13Cl2NO/c1-13(5-2-6-14)10-4-3-8(11)7-9(10)12/h3-4,7,14H,2,5-6H2,1H3. The molecule has 0 unspecified atom stereocenters. The monoisotopic (exact) mass is 233 g/mol. The van der Waals surface area contributed by atoms with Gasteiger partial charge in [0.25, 0.3) is 0 Å². The van der Waals surface area contributed by atoms with Crippen molar-refractivity contribution in [3.05, 3.63) is 28.2 Å². The Labute approximate surface area is 94.1 Å². The zero-order chi connectivity index (χ0) is 10.6. The van der Waals surface area contributed by atoms with Gasteiger partial charge >= 0.3 is 0 Å². The SMILES string of the molecule is CN(CCCO)c1ccc(Cl)cc1Cl. The molecule has 0 atom stereocenters. The Morgan fingerprint density at radius 1 is 1.36 bits per heavy atom. The van der Waals surface area contributed by atoms with Gasteiger partial charge in [-0.3, -0.25) is 0 Å². The van der Waals surface area contributed by atoms with E-state index < -0.39 is 0 Å². The topological polar surface area (TPSA) is 23.5 Å². The molecule has 14 heavy (non-hydrogen) atoms. The van der Waals surface area contributed by atoms with Gasteiger partial charge in [0.15, 0.2) is 0 Å². The fourth-order valence-electron chi connectivity index (χ4n) is 1.22. The smallest absolute Gasteiger partial charge is 0.0654 e. The number of hydrogen-bond donors (Lipinski definition) is 1. The predicted molar refractivity (Wildman–Crippen MR) is 61.4 cm³/mol. The molecule has 0 aliphatic carbocycles. The van der Waals surface area contributed by atoms with Crippen molar-refractivity contribution in [1.29, 1.82) is 0 Å². The third-order valence-electron chi connectivity index (χ3n) is 1.97. The van der Waals surface area contributed by atoms with E-state index in [9.17, 15) is 0 Å². The van der Waals surface area contributed by atoms with Gasteiger partial charge in [-0.25, -0.2) is 0 Å². The average Bonchev–Trinajstić information content (AvgIpc) is 2.14. The lowest BCUT2D eigenvalue weighted by Crippen LogP contribution is -2.19. The normalized spacial score (nSPS) is 10.3. The molecule has 0 bridgehead atoms. The fourth-order valence-corrected chi connectivity index (χ4v) is 1.77. The van der Waals surface area contributed by atoms with Gasteiger partial charge in [0.2, 0.25) is 0 Å². The Morgan fingerprint density at radius 3 is 2.64 bits per heavy atom. The summed E-state index contributed by atoms with van der Waals surface area (Å²) in [6.45, 7) is 0.966. The predicted octanol–water partition coefficient (Wildman–Crippen LogP) is 2.81. The van der Waals surface area contributed by atoms with Crippen LogP contribution in [0.4, 0.5) is 5.69 Å². The summed E-state index contributed by atoms with van der Waals surface area (Å²) in [6.07, 6.45) is 0.732. The van der Waals surface area contributed by atoms with E-state index in [4.69, 9.17) is 28.3 Å². The van der Waals surface area contributed by atoms with Crippen LogP contribution in [0.25, 0.3) is 0 Å². The first-order chi connectivity index (χ1) is 6.65. The first-order valence-electron chi connectivity index (χ1n) is 4.42. The molecule has 1 N–H and O–H groups in total. The van der Waals surface area contributed by atoms with Gasteiger partial charge in [0.05, 0.1) is 10.7 Å². The lowest BCUT2D eigenvalue weighted by atomic mass is 10.3. The van der Waals surface area contributed by atoms with Gasteiger partial charge < -0.3 is 10.0 Å². The van der Waals surface area contributed by atoms with E-state index in [1.807, 2.05) is 18.0 Å². The minimum Gasteiger partial charge on any atom is -0.396 e. The molecule has 1 rings (SSSR count). The van der Waals surface area contributed by atoms with E-state index >= 15 is 0 Å². The molecule has 1 aromatic rings. The highest BCUT2D eigenvalue weighted by molar-refractivity contribution is 6.36. The summed E-state index contributed by atoms with van der Waals surface area (Å²) in [5.74, 6) is 0. The molecule has 78 valence electrons. The summed E-state index contributed by atoms with van der Waals surface area (Å²) in [5.41, 5.74) is 0.935. The summed E-state index contributed by atoms with van der Waals surface area (Å²) in [4.78, 5) is 1.99. The van der Waals surface area contributed by atoms with Crippen LogP contribution in [0.15, 0.2) is 18.2 Å². The number of aliphatic hydroxyl groups excluding tert-OH is 1. The van der Waals surface area contributed by atoms with Gasteiger partial charge in [-0.15, -0.1) is 0 Å². The van der Waals surface area contributed by atoms with E-state index in [2.05, 4.69) is 0 Å². The van der Waals surface area contributed by atoms with E-state index in [-0.39, 0.29) is 6.61 Å². The third-order valence-corrected chi connectivity index (χ3v) is 2.51. The van der Waals surface area contributed by atoms with Crippen LogP contribution in [-0.4, -0.2) is 25.3 Å². The first kappa shape index (κ1) is 11.6. The van der Waals surface area contributed by atoms with Gasteiger partial charge in [-0.2, -0.15) is 0 Å². The number of nitrogens with zero attached hydrogens (tertiary/aromatic N) is 1. The van der Waals surface area contributed by atoms with E-state index in [0.29, 0.717) is 10.0 Å². The second-order valence-electron chi connectivity index (χ2n) is 3.09. The Hall–Kier alpha value is -0.440. The highest BCUT2D eigenvalue weighted by atomic mass is 35.5. The molecule has 1 aromatic carbocycles. The Morgan fingerprint density at radius 2 is 2.07 bits per heavy atom. The van der Waals surface area contributed by atoms with Crippen molar-refractivity contribution < 1.29 is 5.11 Å². The maximum Gasteiger partial charge on any atom is 0.0654 e. The van der Waals surface area contributed by atoms with Crippen molar-refractivity contribution in [2.75, 3.05) is 25.1 Å². The Bertz CT molecular complexity index is 304. The second-order valence-corrected chi connectivity index (χ2v) is 3.94.